The van der Waals surface area contributed by atoms with E-state index >= 15 is 0 Å². The maximum atomic E-state index is 13.2. The van der Waals surface area contributed by atoms with Gasteiger partial charge in [0.15, 0.2) is 0 Å². The third kappa shape index (κ3) is 4.94. The first kappa shape index (κ1) is 17.9. The van der Waals surface area contributed by atoms with Gasteiger partial charge in [-0.1, -0.05) is 0 Å². The highest BCUT2D eigenvalue weighted by Crippen LogP contribution is 2.18. The molecule has 1 aromatic carbocycles. The lowest BCUT2D eigenvalue weighted by molar-refractivity contribution is 0.179. The minimum Gasteiger partial charge on any atom is -0.398 e. The van der Waals surface area contributed by atoms with Crippen LogP contribution in [-0.4, -0.2) is 38.5 Å². The lowest BCUT2D eigenvalue weighted by Gasteiger charge is -2.30. The van der Waals surface area contributed by atoms with Gasteiger partial charge in [-0.2, -0.15) is 0 Å². The smallest absolute Gasteiger partial charge is 0.242 e. The number of hydrogen-bond donors (Lipinski definition) is 2. The summed E-state index contributed by atoms with van der Waals surface area (Å²) >= 11 is 0. The monoisotopic (exact) mass is 317 g/mol. The van der Waals surface area contributed by atoms with Crippen LogP contribution in [0, 0.1) is 5.82 Å². The Morgan fingerprint density at radius 2 is 1.81 bits per heavy atom. The molecule has 0 aromatic heterocycles. The van der Waals surface area contributed by atoms with Gasteiger partial charge in [-0.15, -0.1) is 0 Å². The maximum Gasteiger partial charge on any atom is 0.242 e. The number of hydrogen-bond acceptors (Lipinski definition) is 4. The van der Waals surface area contributed by atoms with Crippen LogP contribution in [0.3, 0.4) is 0 Å². The number of nitrogens with zero attached hydrogens (tertiary/aromatic N) is 1. The molecule has 3 N–H and O–H groups in total. The summed E-state index contributed by atoms with van der Waals surface area (Å²) in [5, 5.41) is 0. The molecule has 7 heteroatoms. The quantitative estimate of drug-likeness (QED) is 0.752. The fourth-order valence-electron chi connectivity index (χ4n) is 2.24. The van der Waals surface area contributed by atoms with E-state index < -0.39 is 15.8 Å². The van der Waals surface area contributed by atoms with Crippen molar-refractivity contribution in [1.29, 1.82) is 0 Å². The molecule has 0 spiro atoms. The van der Waals surface area contributed by atoms with Crippen molar-refractivity contribution in [2.45, 2.75) is 44.7 Å². The Kier molecular flexibility index (Phi) is 6.12. The van der Waals surface area contributed by atoms with Gasteiger partial charge in [0.2, 0.25) is 10.0 Å². The van der Waals surface area contributed by atoms with Gasteiger partial charge in [-0.3, -0.25) is 4.90 Å². The first-order valence-electron chi connectivity index (χ1n) is 6.95. The van der Waals surface area contributed by atoms with Crippen LogP contribution in [-0.2, 0) is 10.0 Å². The number of halogens is 1. The molecule has 0 aliphatic heterocycles. The molecule has 21 heavy (non-hydrogen) atoms. The molecule has 0 saturated heterocycles. The van der Waals surface area contributed by atoms with Crippen molar-refractivity contribution in [2.24, 2.45) is 0 Å². The molecule has 5 nitrogen and oxygen atoms in total. The van der Waals surface area contributed by atoms with Gasteiger partial charge in [0, 0.05) is 25.2 Å². The standard InChI is InChI=1S/C14H24FN3O2S/c1-10(2)18(11(3)4)8-7-17-21(19,20)14-9-12(15)5-6-13(14)16/h5-6,9-11,17H,7-8,16H2,1-4H3. The summed E-state index contributed by atoms with van der Waals surface area (Å²) in [5.41, 5.74) is 5.64. The summed E-state index contributed by atoms with van der Waals surface area (Å²) in [6.07, 6.45) is 0. The average Bonchev–Trinajstić information content (AvgIpc) is 2.36. The van der Waals surface area contributed by atoms with Gasteiger partial charge in [0.1, 0.15) is 10.7 Å². The second-order valence-corrected chi connectivity index (χ2v) is 7.24. The van der Waals surface area contributed by atoms with Gasteiger partial charge < -0.3 is 5.73 Å². The van der Waals surface area contributed by atoms with Crippen LogP contribution in [0.2, 0.25) is 0 Å². The zero-order chi connectivity index (χ0) is 16.2. The fraction of sp³-hybridized carbons (Fsp3) is 0.571. The third-order valence-electron chi connectivity index (χ3n) is 3.25. The number of rotatable bonds is 7. The highest BCUT2D eigenvalue weighted by Gasteiger charge is 2.19. The van der Waals surface area contributed by atoms with Gasteiger partial charge >= 0.3 is 0 Å². The molecule has 0 aliphatic rings. The molecular formula is C14H24FN3O2S. The molecule has 0 unspecified atom stereocenters. The minimum absolute atomic E-state index is 0.0356. The SMILES string of the molecule is CC(C)N(CCNS(=O)(=O)c1cc(F)ccc1N)C(C)C. The topological polar surface area (TPSA) is 75.4 Å². The van der Waals surface area contributed by atoms with Crippen LogP contribution in [0.15, 0.2) is 23.1 Å². The second kappa shape index (κ2) is 7.20. The molecule has 1 aromatic rings. The molecular weight excluding hydrogens is 293 g/mol. The van der Waals surface area contributed by atoms with Crippen molar-refractivity contribution in [2.75, 3.05) is 18.8 Å². The van der Waals surface area contributed by atoms with Crippen LogP contribution in [0.5, 0.6) is 0 Å². The molecule has 0 heterocycles. The predicted molar refractivity (Wildman–Crippen MR) is 83.0 cm³/mol. The Morgan fingerprint density at radius 1 is 1.24 bits per heavy atom. The Balaban J connectivity index is 2.76. The summed E-state index contributed by atoms with van der Waals surface area (Å²) < 4.78 is 40.0. The number of sulfonamides is 1. The number of anilines is 1. The molecule has 0 atom stereocenters. The molecule has 0 saturated carbocycles. The third-order valence-corrected chi connectivity index (χ3v) is 4.77. The average molecular weight is 317 g/mol. The van der Waals surface area contributed by atoms with Gasteiger partial charge in [-0.05, 0) is 45.9 Å². The normalized spacial score (nSPS) is 12.6. The highest BCUT2D eigenvalue weighted by molar-refractivity contribution is 7.89. The van der Waals surface area contributed by atoms with Crippen LogP contribution in [0.1, 0.15) is 27.7 Å². The number of nitrogens with two attached hydrogens (primary N) is 1. The molecule has 0 aliphatic carbocycles. The Bertz CT molecular complexity index is 566. The van der Waals surface area contributed by atoms with Crippen molar-refractivity contribution in [3.05, 3.63) is 24.0 Å². The number of nitrogens with one attached hydrogen (secondary N) is 1. The van der Waals surface area contributed by atoms with E-state index in [2.05, 4.69) is 37.3 Å². The Hall–Kier alpha value is -1.18. The Labute approximate surface area is 126 Å². The second-order valence-electron chi connectivity index (χ2n) is 5.51. The van der Waals surface area contributed by atoms with Crippen LogP contribution >= 0.6 is 0 Å². The summed E-state index contributed by atoms with van der Waals surface area (Å²) in [6, 6.07) is 3.94. The minimum atomic E-state index is -3.80. The molecule has 120 valence electrons. The van der Waals surface area contributed by atoms with Crippen molar-refractivity contribution in [3.63, 3.8) is 0 Å². The van der Waals surface area contributed by atoms with E-state index in [1.165, 1.54) is 6.07 Å². The van der Waals surface area contributed by atoms with Crippen LogP contribution < -0.4 is 10.5 Å². The van der Waals surface area contributed by atoms with Crippen LogP contribution in [0.4, 0.5) is 10.1 Å². The summed E-state index contributed by atoms with van der Waals surface area (Å²) in [4.78, 5) is 1.94. The van der Waals surface area contributed by atoms with E-state index in [4.69, 9.17) is 5.73 Å². The van der Waals surface area contributed by atoms with E-state index in [-0.39, 0.29) is 17.1 Å². The van der Waals surface area contributed by atoms with Crippen molar-refractivity contribution >= 4 is 15.7 Å². The Morgan fingerprint density at radius 3 is 2.33 bits per heavy atom. The van der Waals surface area contributed by atoms with Gasteiger partial charge in [-0.25, -0.2) is 17.5 Å². The maximum absolute atomic E-state index is 13.2. The van der Waals surface area contributed by atoms with E-state index in [9.17, 15) is 12.8 Å². The summed E-state index contributed by atoms with van der Waals surface area (Å²) in [7, 11) is -3.80. The van der Waals surface area contributed by atoms with E-state index in [1.54, 1.807) is 0 Å². The molecule has 0 amide bonds. The lowest BCUT2D eigenvalue weighted by atomic mass is 10.2. The zero-order valence-electron chi connectivity index (χ0n) is 12.9. The highest BCUT2D eigenvalue weighted by atomic mass is 32.2. The van der Waals surface area contributed by atoms with Crippen molar-refractivity contribution < 1.29 is 12.8 Å². The van der Waals surface area contributed by atoms with Crippen LogP contribution in [0.25, 0.3) is 0 Å². The predicted octanol–water partition coefficient (Wildman–Crippen LogP) is 1.80. The lowest BCUT2D eigenvalue weighted by Crippen LogP contribution is -2.42. The molecule has 1 rings (SSSR count). The number of benzene rings is 1. The fourth-order valence-corrected chi connectivity index (χ4v) is 3.40. The van der Waals surface area contributed by atoms with Gasteiger partial charge in [0.05, 0.1) is 5.69 Å². The first-order chi connectivity index (χ1) is 9.65. The zero-order valence-corrected chi connectivity index (χ0v) is 13.7. The first-order valence-corrected chi connectivity index (χ1v) is 8.44. The molecule has 0 bridgehead atoms. The number of nitrogen functional groups attached to an aromatic ring is 1. The van der Waals surface area contributed by atoms with Gasteiger partial charge in [0.25, 0.3) is 0 Å². The summed E-state index contributed by atoms with van der Waals surface area (Å²) in [6.45, 7) is 9.04. The summed E-state index contributed by atoms with van der Waals surface area (Å²) in [5.74, 6) is -0.629. The van der Waals surface area contributed by atoms with Crippen molar-refractivity contribution in [1.82, 2.24) is 9.62 Å². The molecule has 0 radical (unpaired) electrons. The van der Waals surface area contributed by atoms with E-state index in [0.717, 1.165) is 12.1 Å². The van der Waals surface area contributed by atoms with E-state index in [1.807, 2.05) is 0 Å². The largest absolute Gasteiger partial charge is 0.398 e. The van der Waals surface area contributed by atoms with E-state index in [0.29, 0.717) is 18.6 Å². The van der Waals surface area contributed by atoms with Crippen molar-refractivity contribution in [3.8, 4) is 0 Å². The molecule has 0 fully saturated rings.